The van der Waals surface area contributed by atoms with Gasteiger partial charge >= 0.3 is 0 Å². The lowest BCUT2D eigenvalue weighted by Crippen LogP contribution is -2.44. The van der Waals surface area contributed by atoms with Gasteiger partial charge in [0, 0.05) is 37.3 Å². The van der Waals surface area contributed by atoms with Gasteiger partial charge in [-0.05, 0) is 18.4 Å². The zero-order chi connectivity index (χ0) is 26.1. The minimum absolute atomic E-state index is 0. The first-order valence-corrected chi connectivity index (χ1v) is 12.7. The third kappa shape index (κ3) is 5.04. The monoisotopic (exact) mass is 541 g/mol. The molecule has 4 heterocycles. The van der Waals surface area contributed by atoms with E-state index in [-0.39, 0.29) is 30.6 Å². The van der Waals surface area contributed by atoms with Crippen LogP contribution in [0.4, 0.5) is 5.82 Å². The Morgan fingerprint density at radius 3 is 2.54 bits per heavy atom. The van der Waals surface area contributed by atoms with Gasteiger partial charge in [0.15, 0.2) is 5.76 Å². The van der Waals surface area contributed by atoms with E-state index < -0.39 is 0 Å². The van der Waals surface area contributed by atoms with E-state index in [0.717, 1.165) is 30.5 Å². The first-order valence-electron chi connectivity index (χ1n) is 12.7. The van der Waals surface area contributed by atoms with Gasteiger partial charge in [-0.1, -0.05) is 65.8 Å². The zero-order valence-electron chi connectivity index (χ0n) is 21.2. The van der Waals surface area contributed by atoms with E-state index in [1.807, 2.05) is 71.3 Å². The lowest BCUT2D eigenvalue weighted by molar-refractivity contribution is 0.376. The van der Waals surface area contributed by atoms with Crippen molar-refractivity contribution in [2.24, 2.45) is 5.73 Å². The van der Waals surface area contributed by atoms with Crippen LogP contribution in [-0.2, 0) is 13.1 Å². The summed E-state index contributed by atoms with van der Waals surface area (Å²) in [6, 6.07) is 23.8. The van der Waals surface area contributed by atoms with Gasteiger partial charge in [0.1, 0.15) is 34.2 Å². The molecule has 5 aromatic rings. The summed E-state index contributed by atoms with van der Waals surface area (Å²) in [6.45, 7) is 1.99. The second-order valence-corrected chi connectivity index (χ2v) is 9.65. The average molecular weight is 542 g/mol. The van der Waals surface area contributed by atoms with Gasteiger partial charge in [-0.15, -0.1) is 12.4 Å². The van der Waals surface area contributed by atoms with Crippen LogP contribution in [-0.4, -0.2) is 38.4 Å². The normalized spacial score (nSPS) is 15.2. The molecule has 10 heteroatoms. The highest BCUT2D eigenvalue weighted by atomic mass is 35.5. The van der Waals surface area contributed by atoms with Crippen LogP contribution in [0.2, 0.25) is 0 Å². The first kappa shape index (κ1) is 26.2. The van der Waals surface area contributed by atoms with Crippen molar-refractivity contribution in [3.8, 4) is 17.3 Å². The number of halogens is 1. The van der Waals surface area contributed by atoms with Crippen LogP contribution in [0, 0.1) is 11.3 Å². The molecule has 0 radical (unpaired) electrons. The molecule has 0 amide bonds. The number of aromatic nitrogens is 4. The van der Waals surface area contributed by atoms with Crippen LogP contribution in [0.3, 0.4) is 0 Å². The Morgan fingerprint density at radius 1 is 1.08 bits per heavy atom. The molecule has 198 valence electrons. The largest absolute Gasteiger partial charge is 0.359 e. The van der Waals surface area contributed by atoms with Crippen molar-refractivity contribution in [1.29, 1.82) is 5.26 Å². The number of piperidine rings is 1. The summed E-state index contributed by atoms with van der Waals surface area (Å²) in [5.41, 5.74) is 9.92. The second-order valence-electron chi connectivity index (χ2n) is 9.65. The van der Waals surface area contributed by atoms with Gasteiger partial charge in [0.2, 0.25) is 0 Å². The topological polar surface area (TPSA) is 119 Å². The lowest BCUT2D eigenvalue weighted by atomic mass is 10.1. The summed E-state index contributed by atoms with van der Waals surface area (Å²) >= 11 is 0. The smallest absolute Gasteiger partial charge is 0.278 e. The van der Waals surface area contributed by atoms with Crippen molar-refractivity contribution in [3.63, 3.8) is 0 Å². The molecule has 1 fully saturated rings. The quantitative estimate of drug-likeness (QED) is 0.342. The third-order valence-corrected chi connectivity index (χ3v) is 7.01. The van der Waals surface area contributed by atoms with Crippen molar-refractivity contribution in [2.45, 2.75) is 32.0 Å². The Balaban J connectivity index is 0.00000308. The molecule has 0 saturated carbocycles. The number of benzene rings is 2. The van der Waals surface area contributed by atoms with E-state index in [1.54, 1.807) is 0 Å². The molecule has 1 atom stereocenters. The molecule has 1 aliphatic rings. The molecule has 2 N–H and O–H groups in total. The van der Waals surface area contributed by atoms with Crippen LogP contribution >= 0.6 is 12.4 Å². The number of nitrogens with two attached hydrogens (primary N) is 1. The molecule has 0 spiro atoms. The SMILES string of the molecule is Cl.N#Cc1c(N2CCC[C@H](N)C2)n(Cc2ccccc2)c2c(=O)n(Cc3cc(-c4ccccc4)no3)cnc12. The average Bonchev–Trinajstić information content (AvgIpc) is 3.54. The van der Waals surface area contributed by atoms with Crippen molar-refractivity contribution in [3.05, 3.63) is 100 Å². The van der Waals surface area contributed by atoms with Crippen LogP contribution in [0.15, 0.2) is 82.4 Å². The number of hydrogen-bond acceptors (Lipinski definition) is 7. The highest BCUT2D eigenvalue weighted by Gasteiger charge is 2.28. The van der Waals surface area contributed by atoms with E-state index in [1.165, 1.54) is 10.9 Å². The van der Waals surface area contributed by atoms with Crippen LogP contribution in [0.1, 0.15) is 29.7 Å². The van der Waals surface area contributed by atoms with Gasteiger partial charge in [0.05, 0.1) is 12.9 Å². The number of nitriles is 1. The maximum absolute atomic E-state index is 13.9. The van der Waals surface area contributed by atoms with E-state index in [0.29, 0.717) is 47.0 Å². The molecular formula is C29H28ClN7O2. The fourth-order valence-electron chi connectivity index (χ4n) is 5.22. The predicted molar refractivity (Wildman–Crippen MR) is 152 cm³/mol. The van der Waals surface area contributed by atoms with E-state index in [4.69, 9.17) is 10.3 Å². The minimum atomic E-state index is -0.243. The first-order chi connectivity index (χ1) is 18.6. The van der Waals surface area contributed by atoms with Crippen LogP contribution in [0.25, 0.3) is 22.3 Å². The molecule has 0 bridgehead atoms. The Morgan fingerprint density at radius 2 is 1.82 bits per heavy atom. The summed E-state index contributed by atoms with van der Waals surface area (Å²) in [5.74, 6) is 1.24. The maximum Gasteiger partial charge on any atom is 0.278 e. The molecule has 39 heavy (non-hydrogen) atoms. The predicted octanol–water partition coefficient (Wildman–Crippen LogP) is 4.17. The second kappa shape index (κ2) is 11.2. The number of hydrogen-bond donors (Lipinski definition) is 1. The molecular weight excluding hydrogens is 514 g/mol. The standard InChI is InChI=1S/C29H27N7O2.ClH/c30-15-24-26-27(36(16-20-8-3-1-4-9-20)28(24)34-13-7-12-22(31)17-34)29(37)35(19-32-26)18-23-14-25(33-38-23)21-10-5-2-6-11-21;/h1-6,8-11,14,19,22H,7,12-13,16-18,31H2;1H/t22-;/m0./s1. The highest BCUT2D eigenvalue weighted by Crippen LogP contribution is 2.32. The van der Waals surface area contributed by atoms with Gasteiger partial charge in [-0.2, -0.15) is 5.26 Å². The van der Waals surface area contributed by atoms with E-state index in [9.17, 15) is 10.1 Å². The van der Waals surface area contributed by atoms with Crippen LogP contribution in [0.5, 0.6) is 0 Å². The van der Waals surface area contributed by atoms with Crippen molar-refractivity contribution in [1.82, 2.24) is 19.3 Å². The van der Waals surface area contributed by atoms with Gasteiger partial charge in [-0.3, -0.25) is 9.36 Å². The lowest BCUT2D eigenvalue weighted by Gasteiger charge is -2.33. The molecule has 3 aromatic heterocycles. The number of anilines is 1. The minimum Gasteiger partial charge on any atom is -0.359 e. The highest BCUT2D eigenvalue weighted by molar-refractivity contribution is 5.89. The summed E-state index contributed by atoms with van der Waals surface area (Å²) < 4.78 is 8.99. The van der Waals surface area contributed by atoms with Crippen molar-refractivity contribution < 1.29 is 4.52 Å². The molecule has 1 saturated heterocycles. The summed E-state index contributed by atoms with van der Waals surface area (Å²) in [4.78, 5) is 20.7. The molecule has 0 unspecified atom stereocenters. The molecule has 2 aromatic carbocycles. The number of nitrogens with zero attached hydrogens (tertiary/aromatic N) is 6. The van der Waals surface area contributed by atoms with E-state index >= 15 is 0 Å². The Kier molecular flexibility index (Phi) is 7.50. The van der Waals surface area contributed by atoms with Gasteiger partial charge < -0.3 is 19.7 Å². The van der Waals surface area contributed by atoms with Crippen molar-refractivity contribution in [2.75, 3.05) is 18.0 Å². The molecule has 0 aliphatic carbocycles. The molecule has 6 rings (SSSR count). The van der Waals surface area contributed by atoms with Gasteiger partial charge in [-0.25, -0.2) is 4.98 Å². The fourth-order valence-corrected chi connectivity index (χ4v) is 5.22. The van der Waals surface area contributed by atoms with E-state index in [2.05, 4.69) is 21.1 Å². The maximum atomic E-state index is 13.9. The number of rotatable bonds is 6. The Labute approximate surface area is 231 Å². The summed E-state index contributed by atoms with van der Waals surface area (Å²) in [5, 5.41) is 14.4. The fraction of sp³-hybridized carbons (Fsp3) is 0.241. The third-order valence-electron chi connectivity index (χ3n) is 7.01. The summed E-state index contributed by atoms with van der Waals surface area (Å²) in [7, 11) is 0. The zero-order valence-corrected chi connectivity index (χ0v) is 22.1. The summed E-state index contributed by atoms with van der Waals surface area (Å²) in [6.07, 6.45) is 3.34. The Hall–Kier alpha value is -4.39. The molecule has 9 nitrogen and oxygen atoms in total. The van der Waals surface area contributed by atoms with Crippen LogP contribution < -0.4 is 16.2 Å². The van der Waals surface area contributed by atoms with Gasteiger partial charge in [0.25, 0.3) is 5.56 Å². The molecule has 1 aliphatic heterocycles. The Bertz CT molecular complexity index is 1690. The van der Waals surface area contributed by atoms with Crippen molar-refractivity contribution >= 4 is 29.3 Å². The number of fused-ring (bicyclic) bond motifs is 1.